The smallest absolute Gasteiger partial charge is 0.155 e. The van der Waals surface area contributed by atoms with Crippen LogP contribution in [0.4, 0.5) is 0 Å². The minimum atomic E-state index is -1.30. The van der Waals surface area contributed by atoms with Crippen LogP contribution in [0.3, 0.4) is 0 Å². The van der Waals surface area contributed by atoms with Crippen molar-refractivity contribution in [3.05, 3.63) is 41.5 Å². The lowest BCUT2D eigenvalue weighted by molar-refractivity contribution is -0.119. The molecular weight excluding hydrogens is 164 g/mol. The van der Waals surface area contributed by atoms with Gasteiger partial charge in [0.25, 0.3) is 0 Å². The maximum atomic E-state index is 10.6. The van der Waals surface area contributed by atoms with Crippen molar-refractivity contribution in [3.63, 3.8) is 0 Å². The van der Waals surface area contributed by atoms with E-state index in [2.05, 4.69) is 0 Å². The molecule has 2 heteroatoms. The highest BCUT2D eigenvalue weighted by Gasteiger charge is 2.26. The summed E-state index contributed by atoms with van der Waals surface area (Å²) in [6, 6.07) is 7.74. The Morgan fingerprint density at radius 2 is 2.15 bits per heavy atom. The highest BCUT2D eigenvalue weighted by atomic mass is 16.3. The number of aliphatic hydroxyl groups is 1. The largest absolute Gasteiger partial charge is 0.378 e. The molecule has 2 rings (SSSR count). The number of hydrogen-bond acceptors (Lipinski definition) is 2. The lowest BCUT2D eigenvalue weighted by Gasteiger charge is -2.22. The van der Waals surface area contributed by atoms with Crippen molar-refractivity contribution in [1.29, 1.82) is 0 Å². The summed E-state index contributed by atoms with van der Waals surface area (Å²) in [6.45, 7) is 0. The van der Waals surface area contributed by atoms with Crippen LogP contribution in [0.2, 0.25) is 0 Å². The van der Waals surface area contributed by atoms with Crippen LogP contribution in [0.25, 0.3) is 6.08 Å². The first kappa shape index (κ1) is 8.20. The van der Waals surface area contributed by atoms with E-state index in [4.69, 9.17) is 0 Å². The van der Waals surface area contributed by atoms with Gasteiger partial charge < -0.3 is 5.11 Å². The number of carbonyl (C=O) groups excluding carboxylic acids is 1. The van der Waals surface area contributed by atoms with Crippen molar-refractivity contribution in [1.82, 2.24) is 0 Å². The fraction of sp³-hybridized carbons (Fsp3) is 0.182. The van der Waals surface area contributed by atoms with Gasteiger partial charge in [0, 0.05) is 6.42 Å². The van der Waals surface area contributed by atoms with Gasteiger partial charge in [-0.2, -0.15) is 0 Å². The molecule has 0 bridgehead atoms. The average molecular weight is 174 g/mol. The Morgan fingerprint density at radius 1 is 1.38 bits per heavy atom. The minimum Gasteiger partial charge on any atom is -0.378 e. The molecule has 1 unspecified atom stereocenters. The van der Waals surface area contributed by atoms with Crippen molar-refractivity contribution >= 4 is 12.4 Å². The van der Waals surface area contributed by atoms with E-state index in [0.29, 0.717) is 12.7 Å². The van der Waals surface area contributed by atoms with Crippen molar-refractivity contribution in [2.75, 3.05) is 0 Å². The SMILES string of the molecule is O=CC1(O)C=Cc2ccccc2C1. The van der Waals surface area contributed by atoms with E-state index in [-0.39, 0.29) is 0 Å². The first-order valence-corrected chi connectivity index (χ1v) is 4.19. The zero-order chi connectivity index (χ0) is 9.31. The number of aldehydes is 1. The Bertz CT molecular complexity index is 368. The molecule has 0 saturated heterocycles. The fourth-order valence-corrected chi connectivity index (χ4v) is 1.54. The number of fused-ring (bicyclic) bond motifs is 1. The molecule has 0 heterocycles. The molecule has 2 nitrogen and oxygen atoms in total. The van der Waals surface area contributed by atoms with Crippen LogP contribution in [0.15, 0.2) is 30.3 Å². The van der Waals surface area contributed by atoms with E-state index in [1.54, 1.807) is 12.2 Å². The Kier molecular flexibility index (Phi) is 1.78. The molecule has 1 aromatic rings. The van der Waals surface area contributed by atoms with Crippen molar-refractivity contribution < 1.29 is 9.90 Å². The Labute approximate surface area is 76.5 Å². The quantitative estimate of drug-likeness (QED) is 0.649. The molecule has 1 aromatic carbocycles. The van der Waals surface area contributed by atoms with Gasteiger partial charge in [-0.3, -0.25) is 4.79 Å². The van der Waals surface area contributed by atoms with Gasteiger partial charge in [-0.25, -0.2) is 0 Å². The van der Waals surface area contributed by atoms with Crippen LogP contribution < -0.4 is 0 Å². The van der Waals surface area contributed by atoms with Crippen LogP contribution >= 0.6 is 0 Å². The predicted octanol–water partition coefficient (Wildman–Crippen LogP) is 1.19. The minimum absolute atomic E-state index is 0.378. The van der Waals surface area contributed by atoms with Gasteiger partial charge in [0.05, 0.1) is 0 Å². The normalized spacial score (nSPS) is 25.3. The van der Waals surface area contributed by atoms with Gasteiger partial charge in [-0.15, -0.1) is 0 Å². The zero-order valence-electron chi connectivity index (χ0n) is 7.10. The molecule has 1 N–H and O–H groups in total. The van der Waals surface area contributed by atoms with E-state index >= 15 is 0 Å². The van der Waals surface area contributed by atoms with Gasteiger partial charge in [-0.05, 0) is 17.2 Å². The van der Waals surface area contributed by atoms with E-state index in [1.807, 2.05) is 24.3 Å². The third-order valence-corrected chi connectivity index (χ3v) is 2.28. The molecule has 66 valence electrons. The number of benzene rings is 1. The maximum absolute atomic E-state index is 10.6. The topological polar surface area (TPSA) is 37.3 Å². The van der Waals surface area contributed by atoms with Crippen LogP contribution in [0.1, 0.15) is 11.1 Å². The van der Waals surface area contributed by atoms with E-state index in [9.17, 15) is 9.90 Å². The highest BCUT2D eigenvalue weighted by molar-refractivity contribution is 5.73. The standard InChI is InChI=1S/C11H10O2/c12-8-11(13)6-5-9-3-1-2-4-10(9)7-11/h1-6,8,13H,7H2. The van der Waals surface area contributed by atoms with Crippen molar-refractivity contribution in [2.45, 2.75) is 12.0 Å². The van der Waals surface area contributed by atoms with Crippen molar-refractivity contribution in [3.8, 4) is 0 Å². The summed E-state index contributed by atoms with van der Waals surface area (Å²) in [4.78, 5) is 10.6. The molecule has 1 aliphatic carbocycles. The first-order valence-electron chi connectivity index (χ1n) is 4.19. The molecule has 1 aliphatic rings. The summed E-state index contributed by atoms with van der Waals surface area (Å²) in [5.74, 6) is 0. The summed E-state index contributed by atoms with van der Waals surface area (Å²) < 4.78 is 0. The van der Waals surface area contributed by atoms with Crippen LogP contribution in [-0.2, 0) is 11.2 Å². The summed E-state index contributed by atoms with van der Waals surface area (Å²) in [6.07, 6.45) is 4.29. The lowest BCUT2D eigenvalue weighted by Crippen LogP contribution is -2.32. The Morgan fingerprint density at radius 3 is 2.92 bits per heavy atom. The second kappa shape index (κ2) is 2.82. The molecule has 1 atom stereocenters. The van der Waals surface area contributed by atoms with E-state index in [1.165, 1.54) is 0 Å². The highest BCUT2D eigenvalue weighted by Crippen LogP contribution is 2.24. The van der Waals surface area contributed by atoms with Crippen molar-refractivity contribution in [2.24, 2.45) is 0 Å². The molecule has 0 spiro atoms. The number of hydrogen-bond donors (Lipinski definition) is 1. The number of rotatable bonds is 1. The molecule has 0 aliphatic heterocycles. The third-order valence-electron chi connectivity index (χ3n) is 2.28. The monoisotopic (exact) mass is 174 g/mol. The van der Waals surface area contributed by atoms with Gasteiger partial charge in [0.1, 0.15) is 5.60 Å². The van der Waals surface area contributed by atoms with Crippen LogP contribution in [0.5, 0.6) is 0 Å². The second-order valence-electron chi connectivity index (χ2n) is 3.32. The molecular formula is C11H10O2. The van der Waals surface area contributed by atoms with Gasteiger partial charge in [0.2, 0.25) is 0 Å². The van der Waals surface area contributed by atoms with Crippen LogP contribution in [-0.4, -0.2) is 17.0 Å². The molecule has 13 heavy (non-hydrogen) atoms. The summed E-state index contributed by atoms with van der Waals surface area (Å²) in [7, 11) is 0. The molecule has 0 amide bonds. The van der Waals surface area contributed by atoms with Gasteiger partial charge in [-0.1, -0.05) is 30.3 Å². The summed E-state index contributed by atoms with van der Waals surface area (Å²) in [5.41, 5.74) is 0.794. The summed E-state index contributed by atoms with van der Waals surface area (Å²) in [5, 5.41) is 9.67. The lowest BCUT2D eigenvalue weighted by atomic mass is 9.87. The predicted molar refractivity (Wildman–Crippen MR) is 50.2 cm³/mol. The zero-order valence-corrected chi connectivity index (χ0v) is 7.10. The Balaban J connectivity index is 2.44. The molecule has 0 aromatic heterocycles. The Hall–Kier alpha value is -1.41. The molecule has 0 radical (unpaired) electrons. The van der Waals surface area contributed by atoms with Gasteiger partial charge in [0.15, 0.2) is 6.29 Å². The summed E-state index contributed by atoms with van der Waals surface area (Å²) >= 11 is 0. The second-order valence-corrected chi connectivity index (χ2v) is 3.32. The molecule has 0 fully saturated rings. The van der Waals surface area contributed by atoms with E-state index < -0.39 is 5.60 Å². The van der Waals surface area contributed by atoms with Gasteiger partial charge >= 0.3 is 0 Å². The van der Waals surface area contributed by atoms with Crippen LogP contribution in [0, 0.1) is 0 Å². The fourth-order valence-electron chi connectivity index (χ4n) is 1.54. The first-order chi connectivity index (χ1) is 6.23. The average Bonchev–Trinajstić information content (AvgIpc) is 2.18. The maximum Gasteiger partial charge on any atom is 0.155 e. The third kappa shape index (κ3) is 1.40. The molecule has 0 saturated carbocycles. The number of carbonyl (C=O) groups is 1. The van der Waals surface area contributed by atoms with E-state index in [0.717, 1.165) is 11.1 Å².